The lowest BCUT2D eigenvalue weighted by molar-refractivity contribution is 0.211. The van der Waals surface area contributed by atoms with Gasteiger partial charge in [-0.25, -0.2) is 9.97 Å². The zero-order chi connectivity index (χ0) is 14.4. The fourth-order valence-electron chi connectivity index (χ4n) is 3.05. The van der Waals surface area contributed by atoms with Crippen LogP contribution in [0.2, 0.25) is 0 Å². The number of hydrogen-bond acceptors (Lipinski definition) is 5. The van der Waals surface area contributed by atoms with Crippen LogP contribution in [0.1, 0.15) is 16.8 Å². The summed E-state index contributed by atoms with van der Waals surface area (Å²) in [5.74, 6) is 0.876. The van der Waals surface area contributed by atoms with Crippen LogP contribution >= 0.6 is 22.6 Å². The van der Waals surface area contributed by atoms with E-state index in [2.05, 4.69) is 61.0 Å². The third kappa shape index (κ3) is 2.17. The maximum atomic E-state index is 9.80. The van der Waals surface area contributed by atoms with Crippen molar-refractivity contribution >= 4 is 39.8 Å². The summed E-state index contributed by atoms with van der Waals surface area (Å²) in [4.78, 5) is 11.0. The highest BCUT2D eigenvalue weighted by Gasteiger charge is 2.29. The number of alkyl halides is 1. The van der Waals surface area contributed by atoms with E-state index in [9.17, 15) is 5.11 Å². The summed E-state index contributed by atoms with van der Waals surface area (Å²) in [5.41, 5.74) is 5.67. The Bertz CT molecular complexity index is 706. The van der Waals surface area contributed by atoms with Gasteiger partial charge in [0, 0.05) is 23.1 Å². The zero-order valence-electron chi connectivity index (χ0n) is 11.4. The SMILES string of the molecule is OC1Cc2ncnc(N3CCc4ccc(CI)cc43)c2N1. The molecule has 0 saturated heterocycles. The highest BCUT2D eigenvalue weighted by Crippen LogP contribution is 2.40. The monoisotopic (exact) mass is 394 g/mol. The van der Waals surface area contributed by atoms with E-state index in [1.807, 2.05) is 0 Å². The van der Waals surface area contributed by atoms with E-state index in [1.165, 1.54) is 16.8 Å². The minimum Gasteiger partial charge on any atom is -0.373 e. The molecular formula is C15H15IN4O. The van der Waals surface area contributed by atoms with Crippen molar-refractivity contribution in [1.82, 2.24) is 9.97 Å². The van der Waals surface area contributed by atoms with Crippen molar-refractivity contribution in [2.75, 3.05) is 16.8 Å². The number of hydrogen-bond donors (Lipinski definition) is 2. The zero-order valence-corrected chi connectivity index (χ0v) is 13.5. The number of aliphatic hydroxyl groups is 1. The summed E-state index contributed by atoms with van der Waals surface area (Å²) >= 11 is 2.38. The summed E-state index contributed by atoms with van der Waals surface area (Å²) in [6, 6.07) is 6.66. The van der Waals surface area contributed by atoms with Gasteiger partial charge in [0.05, 0.1) is 5.69 Å². The molecule has 108 valence electrons. The fraction of sp³-hybridized carbons (Fsp3) is 0.333. The molecule has 3 heterocycles. The standard InChI is InChI=1S/C15H15IN4O/c16-7-9-1-2-10-3-4-20(12(10)5-9)15-14-11(17-8-18-15)6-13(21)19-14/h1-2,5,8,13,19,21H,3-4,6-7H2. The van der Waals surface area contributed by atoms with Gasteiger partial charge in [-0.3, -0.25) is 0 Å². The van der Waals surface area contributed by atoms with Gasteiger partial charge in [-0.2, -0.15) is 0 Å². The Morgan fingerprint density at radius 3 is 3.14 bits per heavy atom. The minimum atomic E-state index is -0.557. The molecule has 0 fully saturated rings. The van der Waals surface area contributed by atoms with E-state index in [0.29, 0.717) is 6.42 Å². The Hall–Kier alpha value is -1.41. The van der Waals surface area contributed by atoms with Crippen molar-refractivity contribution in [1.29, 1.82) is 0 Å². The second-order valence-corrected chi connectivity index (χ2v) is 6.14. The molecule has 0 spiro atoms. The van der Waals surface area contributed by atoms with E-state index in [0.717, 1.165) is 34.6 Å². The first-order chi connectivity index (χ1) is 10.3. The first-order valence-corrected chi connectivity index (χ1v) is 8.52. The van der Waals surface area contributed by atoms with Crippen molar-refractivity contribution in [3.8, 4) is 0 Å². The average Bonchev–Trinajstić information content (AvgIpc) is 3.08. The highest BCUT2D eigenvalue weighted by atomic mass is 127. The maximum Gasteiger partial charge on any atom is 0.160 e. The van der Waals surface area contributed by atoms with Crippen LogP contribution in [0, 0.1) is 0 Å². The molecule has 0 amide bonds. The molecule has 0 aliphatic carbocycles. The van der Waals surface area contributed by atoms with Gasteiger partial charge in [-0.05, 0) is 23.6 Å². The van der Waals surface area contributed by atoms with E-state index in [-0.39, 0.29) is 0 Å². The minimum absolute atomic E-state index is 0.541. The number of nitrogens with one attached hydrogen (secondary N) is 1. The third-order valence-corrected chi connectivity index (χ3v) is 4.94. The van der Waals surface area contributed by atoms with Crippen LogP contribution in [0.3, 0.4) is 0 Å². The summed E-state index contributed by atoms with van der Waals surface area (Å²) < 4.78 is 0.998. The lowest BCUT2D eigenvalue weighted by atomic mass is 10.1. The molecule has 5 nitrogen and oxygen atoms in total. The molecule has 1 aromatic heterocycles. The number of anilines is 3. The molecule has 1 atom stereocenters. The first-order valence-electron chi connectivity index (χ1n) is 7.00. The van der Waals surface area contributed by atoms with Gasteiger partial charge < -0.3 is 15.3 Å². The Balaban J connectivity index is 1.80. The number of nitrogens with zero attached hydrogens (tertiary/aromatic N) is 3. The number of aromatic nitrogens is 2. The summed E-state index contributed by atoms with van der Waals surface area (Å²) in [6.45, 7) is 0.918. The van der Waals surface area contributed by atoms with Crippen molar-refractivity contribution in [2.45, 2.75) is 23.5 Å². The maximum absolute atomic E-state index is 9.80. The Morgan fingerprint density at radius 1 is 1.38 bits per heavy atom. The van der Waals surface area contributed by atoms with Crippen LogP contribution in [0.5, 0.6) is 0 Å². The smallest absolute Gasteiger partial charge is 0.160 e. The molecule has 1 aromatic carbocycles. The molecule has 6 heteroatoms. The lowest BCUT2D eigenvalue weighted by Crippen LogP contribution is -2.18. The van der Waals surface area contributed by atoms with Crippen LogP contribution in [0.4, 0.5) is 17.2 Å². The molecule has 2 aromatic rings. The van der Waals surface area contributed by atoms with Gasteiger partial charge in [0.1, 0.15) is 18.2 Å². The van der Waals surface area contributed by atoms with E-state index in [4.69, 9.17) is 0 Å². The van der Waals surface area contributed by atoms with E-state index in [1.54, 1.807) is 6.33 Å². The van der Waals surface area contributed by atoms with Crippen LogP contribution in [-0.2, 0) is 17.3 Å². The second kappa shape index (κ2) is 5.10. The molecule has 2 aliphatic heterocycles. The third-order valence-electron chi connectivity index (χ3n) is 4.06. The van der Waals surface area contributed by atoms with Crippen LogP contribution in [-0.4, -0.2) is 27.8 Å². The van der Waals surface area contributed by atoms with Gasteiger partial charge in [0.2, 0.25) is 0 Å². The van der Waals surface area contributed by atoms with Gasteiger partial charge in [0.15, 0.2) is 5.82 Å². The first kappa shape index (κ1) is 13.3. The Morgan fingerprint density at radius 2 is 2.29 bits per heavy atom. The number of benzene rings is 1. The molecule has 0 radical (unpaired) electrons. The van der Waals surface area contributed by atoms with Crippen LogP contribution < -0.4 is 10.2 Å². The highest BCUT2D eigenvalue weighted by molar-refractivity contribution is 14.1. The van der Waals surface area contributed by atoms with Gasteiger partial charge in [0.25, 0.3) is 0 Å². The summed E-state index contributed by atoms with van der Waals surface area (Å²) in [6.07, 6.45) is 2.60. The van der Waals surface area contributed by atoms with Crippen molar-refractivity contribution in [3.05, 3.63) is 41.3 Å². The molecule has 2 N–H and O–H groups in total. The molecule has 0 bridgehead atoms. The molecule has 21 heavy (non-hydrogen) atoms. The van der Waals surface area contributed by atoms with Gasteiger partial charge in [-0.1, -0.05) is 34.7 Å². The largest absolute Gasteiger partial charge is 0.373 e. The number of rotatable bonds is 2. The predicted octanol–water partition coefficient (Wildman–Crippen LogP) is 2.39. The Kier molecular flexibility index (Phi) is 3.22. The molecule has 0 saturated carbocycles. The molecule has 2 aliphatic rings. The van der Waals surface area contributed by atoms with Crippen LogP contribution in [0.25, 0.3) is 0 Å². The summed E-state index contributed by atoms with van der Waals surface area (Å²) in [5, 5.41) is 12.9. The lowest BCUT2D eigenvalue weighted by Gasteiger charge is -2.21. The molecule has 4 rings (SSSR count). The van der Waals surface area contributed by atoms with Crippen molar-refractivity contribution in [3.63, 3.8) is 0 Å². The number of fused-ring (bicyclic) bond motifs is 2. The second-order valence-electron chi connectivity index (χ2n) is 5.38. The normalized spacial score (nSPS) is 19.3. The Labute approximate surface area is 136 Å². The average molecular weight is 394 g/mol. The van der Waals surface area contributed by atoms with Crippen molar-refractivity contribution < 1.29 is 5.11 Å². The number of aliphatic hydroxyl groups excluding tert-OH is 1. The molecular weight excluding hydrogens is 379 g/mol. The fourth-order valence-corrected chi connectivity index (χ4v) is 3.52. The van der Waals surface area contributed by atoms with Gasteiger partial charge in [-0.15, -0.1) is 0 Å². The van der Waals surface area contributed by atoms with E-state index < -0.39 is 6.23 Å². The van der Waals surface area contributed by atoms with E-state index >= 15 is 0 Å². The predicted molar refractivity (Wildman–Crippen MR) is 90.2 cm³/mol. The number of halogens is 1. The van der Waals surface area contributed by atoms with Gasteiger partial charge >= 0.3 is 0 Å². The molecule has 1 unspecified atom stereocenters. The topological polar surface area (TPSA) is 61.3 Å². The van der Waals surface area contributed by atoms with Crippen molar-refractivity contribution in [2.24, 2.45) is 0 Å². The summed E-state index contributed by atoms with van der Waals surface area (Å²) in [7, 11) is 0. The quantitative estimate of drug-likeness (QED) is 0.605. The van der Waals surface area contributed by atoms with Crippen LogP contribution in [0.15, 0.2) is 24.5 Å².